The lowest BCUT2D eigenvalue weighted by Crippen LogP contribution is -2.17. The standard InChI is InChI=1S/C10H19N5/c1-4-7(3)15-10-8(11)9(12-5-2)13-6-14-10/h6-7H,4-5,11H2,1-3H3,(H2,12,13,14,15). The zero-order chi connectivity index (χ0) is 11.3. The summed E-state index contributed by atoms with van der Waals surface area (Å²) in [6, 6.07) is 0.358. The maximum Gasteiger partial charge on any atom is 0.155 e. The van der Waals surface area contributed by atoms with Gasteiger partial charge in [-0.2, -0.15) is 0 Å². The average molecular weight is 209 g/mol. The predicted molar refractivity (Wildman–Crippen MR) is 64.0 cm³/mol. The monoisotopic (exact) mass is 209 g/mol. The van der Waals surface area contributed by atoms with Crippen molar-refractivity contribution in [3.8, 4) is 0 Å². The highest BCUT2D eigenvalue weighted by atomic mass is 15.1. The van der Waals surface area contributed by atoms with Crippen molar-refractivity contribution >= 4 is 17.3 Å². The fraction of sp³-hybridized carbons (Fsp3) is 0.600. The fourth-order valence-electron chi connectivity index (χ4n) is 1.15. The van der Waals surface area contributed by atoms with Crippen LogP contribution in [0.25, 0.3) is 0 Å². The SMILES string of the molecule is CCNc1ncnc(NC(C)CC)c1N. The van der Waals surface area contributed by atoms with Crippen LogP contribution in [0.5, 0.6) is 0 Å². The topological polar surface area (TPSA) is 75.9 Å². The molecule has 1 atom stereocenters. The van der Waals surface area contributed by atoms with Crippen molar-refractivity contribution in [3.63, 3.8) is 0 Å². The average Bonchev–Trinajstić information content (AvgIpc) is 2.24. The summed E-state index contributed by atoms with van der Waals surface area (Å²) in [5, 5.41) is 6.33. The van der Waals surface area contributed by atoms with Gasteiger partial charge in [0.05, 0.1) is 0 Å². The number of hydrogen-bond acceptors (Lipinski definition) is 5. The molecule has 0 aliphatic rings. The van der Waals surface area contributed by atoms with E-state index in [1.807, 2.05) is 6.92 Å². The number of hydrogen-bond donors (Lipinski definition) is 3. The van der Waals surface area contributed by atoms with E-state index in [9.17, 15) is 0 Å². The molecular formula is C10H19N5. The summed E-state index contributed by atoms with van der Waals surface area (Å²) in [7, 11) is 0. The van der Waals surface area contributed by atoms with Gasteiger partial charge in [0, 0.05) is 12.6 Å². The van der Waals surface area contributed by atoms with Crippen LogP contribution in [0, 0.1) is 0 Å². The Hall–Kier alpha value is -1.52. The molecule has 1 rings (SSSR count). The van der Waals surface area contributed by atoms with Gasteiger partial charge >= 0.3 is 0 Å². The van der Waals surface area contributed by atoms with Crippen LogP contribution in [-0.4, -0.2) is 22.6 Å². The van der Waals surface area contributed by atoms with Gasteiger partial charge in [-0.05, 0) is 20.3 Å². The summed E-state index contributed by atoms with van der Waals surface area (Å²) in [5.74, 6) is 1.40. The Bertz CT molecular complexity index is 313. The second-order valence-corrected chi connectivity index (χ2v) is 3.47. The van der Waals surface area contributed by atoms with Crippen molar-refractivity contribution < 1.29 is 0 Å². The summed E-state index contributed by atoms with van der Waals surface area (Å²) < 4.78 is 0. The molecule has 0 amide bonds. The molecule has 5 nitrogen and oxygen atoms in total. The van der Waals surface area contributed by atoms with Gasteiger partial charge < -0.3 is 16.4 Å². The molecule has 5 heteroatoms. The summed E-state index contributed by atoms with van der Waals surface area (Å²) in [5.41, 5.74) is 6.51. The molecule has 0 aliphatic carbocycles. The van der Waals surface area contributed by atoms with Crippen LogP contribution in [0.2, 0.25) is 0 Å². The van der Waals surface area contributed by atoms with Crippen molar-refractivity contribution in [2.75, 3.05) is 22.9 Å². The largest absolute Gasteiger partial charge is 0.393 e. The third-order valence-corrected chi connectivity index (χ3v) is 2.22. The first-order valence-electron chi connectivity index (χ1n) is 5.29. The van der Waals surface area contributed by atoms with E-state index < -0.39 is 0 Å². The zero-order valence-corrected chi connectivity index (χ0v) is 9.54. The first-order valence-corrected chi connectivity index (χ1v) is 5.29. The van der Waals surface area contributed by atoms with Gasteiger partial charge in [0.15, 0.2) is 11.6 Å². The van der Waals surface area contributed by atoms with Gasteiger partial charge in [-0.3, -0.25) is 0 Å². The Morgan fingerprint density at radius 3 is 2.60 bits per heavy atom. The maximum atomic E-state index is 5.92. The van der Waals surface area contributed by atoms with E-state index in [0.717, 1.165) is 13.0 Å². The Morgan fingerprint density at radius 2 is 2.00 bits per heavy atom. The lowest BCUT2D eigenvalue weighted by Gasteiger charge is -2.15. The van der Waals surface area contributed by atoms with Gasteiger partial charge in [0.25, 0.3) is 0 Å². The van der Waals surface area contributed by atoms with Crippen LogP contribution in [-0.2, 0) is 0 Å². The zero-order valence-electron chi connectivity index (χ0n) is 9.54. The third-order valence-electron chi connectivity index (χ3n) is 2.22. The Kier molecular flexibility index (Phi) is 4.15. The third kappa shape index (κ3) is 2.97. The molecule has 1 heterocycles. The summed E-state index contributed by atoms with van der Waals surface area (Å²) in [6.45, 7) is 7.00. The molecule has 1 aromatic heterocycles. The van der Waals surface area contributed by atoms with Crippen LogP contribution in [0.1, 0.15) is 27.2 Å². The molecular weight excluding hydrogens is 190 g/mol. The lowest BCUT2D eigenvalue weighted by atomic mass is 10.2. The molecule has 0 radical (unpaired) electrons. The molecule has 15 heavy (non-hydrogen) atoms. The number of aromatic nitrogens is 2. The molecule has 0 saturated carbocycles. The number of anilines is 3. The van der Waals surface area contributed by atoms with E-state index in [1.165, 1.54) is 6.33 Å². The first kappa shape index (κ1) is 11.6. The first-order chi connectivity index (χ1) is 7.19. The molecule has 0 spiro atoms. The number of nitrogen functional groups attached to an aromatic ring is 1. The maximum absolute atomic E-state index is 5.92. The normalized spacial score (nSPS) is 12.2. The van der Waals surface area contributed by atoms with Crippen molar-refractivity contribution in [1.82, 2.24) is 9.97 Å². The van der Waals surface area contributed by atoms with E-state index in [1.54, 1.807) is 0 Å². The van der Waals surface area contributed by atoms with Gasteiger partial charge in [-0.25, -0.2) is 9.97 Å². The van der Waals surface area contributed by atoms with Crippen molar-refractivity contribution in [3.05, 3.63) is 6.33 Å². The van der Waals surface area contributed by atoms with Crippen LogP contribution in [0.3, 0.4) is 0 Å². The number of rotatable bonds is 5. The summed E-state index contributed by atoms with van der Waals surface area (Å²) >= 11 is 0. The minimum absolute atomic E-state index is 0.358. The molecule has 0 saturated heterocycles. The lowest BCUT2D eigenvalue weighted by molar-refractivity contribution is 0.759. The Morgan fingerprint density at radius 1 is 1.33 bits per heavy atom. The van der Waals surface area contributed by atoms with E-state index in [4.69, 9.17) is 5.73 Å². The number of nitrogens with zero attached hydrogens (tertiary/aromatic N) is 2. The van der Waals surface area contributed by atoms with Gasteiger partial charge in [-0.15, -0.1) is 0 Å². The number of nitrogens with one attached hydrogen (secondary N) is 2. The van der Waals surface area contributed by atoms with E-state index in [-0.39, 0.29) is 0 Å². The smallest absolute Gasteiger partial charge is 0.155 e. The second-order valence-electron chi connectivity index (χ2n) is 3.47. The van der Waals surface area contributed by atoms with Crippen molar-refractivity contribution in [2.24, 2.45) is 0 Å². The molecule has 84 valence electrons. The fourth-order valence-corrected chi connectivity index (χ4v) is 1.15. The molecule has 4 N–H and O–H groups in total. The second kappa shape index (κ2) is 5.38. The van der Waals surface area contributed by atoms with Gasteiger partial charge in [0.1, 0.15) is 12.0 Å². The summed E-state index contributed by atoms with van der Waals surface area (Å²) in [4.78, 5) is 8.20. The minimum Gasteiger partial charge on any atom is -0.393 e. The van der Waals surface area contributed by atoms with Crippen LogP contribution in [0.4, 0.5) is 17.3 Å². The highest BCUT2D eigenvalue weighted by Crippen LogP contribution is 2.22. The Balaban J connectivity index is 2.84. The summed E-state index contributed by atoms with van der Waals surface area (Å²) in [6.07, 6.45) is 2.54. The molecule has 0 aromatic carbocycles. The Labute approximate surface area is 90.5 Å². The molecule has 1 unspecified atom stereocenters. The van der Waals surface area contributed by atoms with Crippen LogP contribution >= 0.6 is 0 Å². The highest BCUT2D eigenvalue weighted by Gasteiger charge is 2.08. The highest BCUT2D eigenvalue weighted by molar-refractivity contribution is 5.74. The van der Waals surface area contributed by atoms with Gasteiger partial charge in [0.2, 0.25) is 0 Å². The molecule has 1 aromatic rings. The van der Waals surface area contributed by atoms with Gasteiger partial charge in [-0.1, -0.05) is 6.92 Å². The van der Waals surface area contributed by atoms with Crippen molar-refractivity contribution in [1.29, 1.82) is 0 Å². The van der Waals surface area contributed by atoms with Crippen LogP contribution in [0.15, 0.2) is 6.33 Å². The van der Waals surface area contributed by atoms with Crippen molar-refractivity contribution in [2.45, 2.75) is 33.2 Å². The van der Waals surface area contributed by atoms with Crippen LogP contribution < -0.4 is 16.4 Å². The molecule has 0 bridgehead atoms. The predicted octanol–water partition coefficient (Wildman–Crippen LogP) is 1.70. The molecule has 0 fully saturated rings. The minimum atomic E-state index is 0.358. The van der Waals surface area contributed by atoms with E-state index in [2.05, 4.69) is 34.4 Å². The van der Waals surface area contributed by atoms with E-state index >= 15 is 0 Å². The quantitative estimate of drug-likeness (QED) is 0.688. The van der Waals surface area contributed by atoms with E-state index in [0.29, 0.717) is 23.4 Å². The molecule has 0 aliphatic heterocycles. The number of nitrogens with two attached hydrogens (primary N) is 1.